The summed E-state index contributed by atoms with van der Waals surface area (Å²) < 4.78 is 0. The maximum absolute atomic E-state index is 4.22. The fourth-order valence-corrected chi connectivity index (χ4v) is 3.84. The van der Waals surface area contributed by atoms with Gasteiger partial charge in [0, 0.05) is 0 Å². The molecule has 0 fully saturated rings. The molecule has 0 amide bonds. The summed E-state index contributed by atoms with van der Waals surface area (Å²) in [5.41, 5.74) is 11.8. The van der Waals surface area contributed by atoms with Gasteiger partial charge in [0.15, 0.2) is 0 Å². The molecule has 0 bridgehead atoms. The topological polar surface area (TPSA) is 0 Å². The third-order valence-electron chi connectivity index (χ3n) is 4.82. The largest absolute Gasteiger partial charge is 0.0952 e. The van der Waals surface area contributed by atoms with Crippen molar-refractivity contribution in [3.63, 3.8) is 0 Å². The number of hydrogen-bond donors (Lipinski definition) is 0. The number of fused-ring (bicyclic) bond motifs is 5. The fourth-order valence-electron chi connectivity index (χ4n) is 3.84. The molecule has 4 rings (SSSR count). The van der Waals surface area contributed by atoms with Crippen LogP contribution in [0.3, 0.4) is 0 Å². The third-order valence-corrected chi connectivity index (χ3v) is 4.82. The first-order valence-electron chi connectivity index (χ1n) is 7.73. The normalized spacial score (nSPS) is 15.2. The van der Waals surface area contributed by atoms with E-state index in [-0.39, 0.29) is 0 Å². The molecule has 0 saturated heterocycles. The molecule has 2 aromatic rings. The van der Waals surface area contributed by atoms with Gasteiger partial charge in [-0.2, -0.15) is 0 Å². The SMILES string of the molecule is C=C1CCc2c1ccc1c2-c2cc(CCC)ccc2C1. The van der Waals surface area contributed by atoms with Crippen molar-refractivity contribution >= 4 is 5.57 Å². The van der Waals surface area contributed by atoms with Crippen LogP contribution in [0.15, 0.2) is 36.9 Å². The van der Waals surface area contributed by atoms with Crippen molar-refractivity contribution in [1.29, 1.82) is 0 Å². The van der Waals surface area contributed by atoms with E-state index in [4.69, 9.17) is 0 Å². The first-order chi connectivity index (χ1) is 9.78. The van der Waals surface area contributed by atoms with Crippen molar-refractivity contribution in [2.45, 2.75) is 39.0 Å². The summed E-state index contributed by atoms with van der Waals surface area (Å²) in [5.74, 6) is 0. The van der Waals surface area contributed by atoms with Gasteiger partial charge in [-0.05, 0) is 70.2 Å². The van der Waals surface area contributed by atoms with E-state index in [0.717, 1.165) is 12.8 Å². The number of rotatable bonds is 2. The van der Waals surface area contributed by atoms with Crippen molar-refractivity contribution in [1.82, 2.24) is 0 Å². The molecule has 0 aliphatic heterocycles. The average Bonchev–Trinajstić information content (AvgIpc) is 3.00. The molecule has 0 N–H and O–H groups in total. The molecule has 0 heteroatoms. The van der Waals surface area contributed by atoms with E-state index in [1.807, 2.05) is 0 Å². The van der Waals surface area contributed by atoms with Crippen LogP contribution >= 0.6 is 0 Å². The van der Waals surface area contributed by atoms with Gasteiger partial charge in [-0.15, -0.1) is 0 Å². The standard InChI is InChI=1S/C20H20/c1-3-4-14-6-7-15-12-16-8-10-17-13(2)5-9-18(17)20(16)19(15)11-14/h6-8,10-11H,2-5,9,12H2,1H3. The Balaban J connectivity index is 1.92. The van der Waals surface area contributed by atoms with E-state index in [2.05, 4.69) is 43.8 Å². The van der Waals surface area contributed by atoms with E-state index >= 15 is 0 Å². The van der Waals surface area contributed by atoms with Crippen LogP contribution in [0.4, 0.5) is 0 Å². The van der Waals surface area contributed by atoms with Crippen LogP contribution in [0.2, 0.25) is 0 Å². The second kappa shape index (κ2) is 4.34. The summed E-state index contributed by atoms with van der Waals surface area (Å²) in [6, 6.07) is 11.7. The molecule has 0 atom stereocenters. The molecule has 0 unspecified atom stereocenters. The van der Waals surface area contributed by atoms with Crippen molar-refractivity contribution in [3.8, 4) is 11.1 Å². The van der Waals surface area contributed by atoms with Gasteiger partial charge in [-0.1, -0.05) is 50.3 Å². The Hall–Kier alpha value is -1.82. The zero-order valence-electron chi connectivity index (χ0n) is 12.1. The van der Waals surface area contributed by atoms with Gasteiger partial charge in [0.25, 0.3) is 0 Å². The minimum atomic E-state index is 1.11. The molecule has 20 heavy (non-hydrogen) atoms. The smallest absolute Gasteiger partial charge is 0.00133 e. The second-order valence-corrected chi connectivity index (χ2v) is 6.15. The lowest BCUT2D eigenvalue weighted by atomic mass is 9.94. The summed E-state index contributed by atoms with van der Waals surface area (Å²) in [4.78, 5) is 0. The Morgan fingerprint density at radius 1 is 1.00 bits per heavy atom. The monoisotopic (exact) mass is 260 g/mol. The third kappa shape index (κ3) is 1.61. The van der Waals surface area contributed by atoms with E-state index in [0.29, 0.717) is 0 Å². The summed E-state index contributed by atoms with van der Waals surface area (Å²) >= 11 is 0. The van der Waals surface area contributed by atoms with E-state index in [9.17, 15) is 0 Å². The maximum Gasteiger partial charge on any atom is -0.00133 e. The summed E-state index contributed by atoms with van der Waals surface area (Å²) in [6.07, 6.45) is 5.82. The van der Waals surface area contributed by atoms with Crippen LogP contribution in [0.1, 0.15) is 47.6 Å². The average molecular weight is 260 g/mol. The van der Waals surface area contributed by atoms with Crippen molar-refractivity contribution in [2.24, 2.45) is 0 Å². The molecule has 0 spiro atoms. The molecular weight excluding hydrogens is 240 g/mol. The van der Waals surface area contributed by atoms with Crippen molar-refractivity contribution in [3.05, 3.63) is 64.7 Å². The van der Waals surface area contributed by atoms with Gasteiger partial charge < -0.3 is 0 Å². The molecule has 2 aromatic carbocycles. The summed E-state index contributed by atoms with van der Waals surface area (Å²) in [5, 5.41) is 0. The van der Waals surface area contributed by atoms with E-state index in [1.54, 1.807) is 5.56 Å². The van der Waals surface area contributed by atoms with Crippen LogP contribution in [0.25, 0.3) is 16.7 Å². The molecule has 0 nitrogen and oxygen atoms in total. The maximum atomic E-state index is 4.22. The van der Waals surface area contributed by atoms with Gasteiger partial charge in [-0.25, -0.2) is 0 Å². The summed E-state index contributed by atoms with van der Waals surface area (Å²) in [7, 11) is 0. The lowest BCUT2D eigenvalue weighted by molar-refractivity contribution is 0.921. The highest BCUT2D eigenvalue weighted by atomic mass is 14.3. The van der Waals surface area contributed by atoms with Gasteiger partial charge >= 0.3 is 0 Å². The zero-order valence-corrected chi connectivity index (χ0v) is 12.1. The molecule has 100 valence electrons. The quantitative estimate of drug-likeness (QED) is 0.596. The second-order valence-electron chi connectivity index (χ2n) is 6.15. The Morgan fingerprint density at radius 3 is 2.70 bits per heavy atom. The molecule has 0 aromatic heterocycles. The highest BCUT2D eigenvalue weighted by Crippen LogP contribution is 2.45. The first-order valence-corrected chi connectivity index (χ1v) is 7.73. The molecule has 0 radical (unpaired) electrons. The van der Waals surface area contributed by atoms with Crippen molar-refractivity contribution in [2.75, 3.05) is 0 Å². The highest BCUT2D eigenvalue weighted by molar-refractivity contribution is 5.86. The van der Waals surface area contributed by atoms with Crippen LogP contribution in [-0.2, 0) is 19.3 Å². The molecule has 0 heterocycles. The number of aryl methyl sites for hydroxylation is 1. The Bertz CT molecular complexity index is 719. The minimum absolute atomic E-state index is 1.11. The molecule has 2 aliphatic carbocycles. The lowest BCUT2D eigenvalue weighted by Crippen LogP contribution is -1.90. The predicted octanol–water partition coefficient (Wildman–Crippen LogP) is 5.17. The lowest BCUT2D eigenvalue weighted by Gasteiger charge is -2.10. The minimum Gasteiger partial charge on any atom is -0.0952 e. The van der Waals surface area contributed by atoms with E-state index < -0.39 is 0 Å². The Kier molecular flexibility index (Phi) is 2.60. The number of hydrogen-bond acceptors (Lipinski definition) is 0. The van der Waals surface area contributed by atoms with Gasteiger partial charge in [0.2, 0.25) is 0 Å². The molecule has 0 saturated carbocycles. The Morgan fingerprint density at radius 2 is 1.85 bits per heavy atom. The Labute approximate surface area is 121 Å². The molecular formula is C20H20. The molecule has 2 aliphatic rings. The van der Waals surface area contributed by atoms with Gasteiger partial charge in [0.05, 0.1) is 0 Å². The zero-order chi connectivity index (χ0) is 13.7. The highest BCUT2D eigenvalue weighted by Gasteiger charge is 2.26. The number of allylic oxidation sites excluding steroid dienone is 1. The summed E-state index contributed by atoms with van der Waals surface area (Å²) in [6.45, 7) is 6.48. The van der Waals surface area contributed by atoms with Crippen LogP contribution in [0.5, 0.6) is 0 Å². The fraction of sp³-hybridized carbons (Fsp3) is 0.300. The van der Waals surface area contributed by atoms with Crippen molar-refractivity contribution < 1.29 is 0 Å². The van der Waals surface area contributed by atoms with Crippen LogP contribution < -0.4 is 0 Å². The van der Waals surface area contributed by atoms with Gasteiger partial charge in [-0.3, -0.25) is 0 Å². The number of benzene rings is 2. The van der Waals surface area contributed by atoms with Crippen LogP contribution in [-0.4, -0.2) is 0 Å². The van der Waals surface area contributed by atoms with Crippen LogP contribution in [0, 0.1) is 0 Å². The van der Waals surface area contributed by atoms with E-state index in [1.165, 1.54) is 58.2 Å². The van der Waals surface area contributed by atoms with Gasteiger partial charge in [0.1, 0.15) is 0 Å². The predicted molar refractivity (Wildman–Crippen MR) is 86.0 cm³/mol. The first kappa shape index (κ1) is 12.0.